The molecule has 0 amide bonds. The van der Waals surface area contributed by atoms with Gasteiger partial charge in [-0.05, 0) is 11.6 Å². The van der Waals surface area contributed by atoms with Crippen LogP contribution in [0.3, 0.4) is 0 Å². The summed E-state index contributed by atoms with van der Waals surface area (Å²) in [5.74, 6) is 0.860. The van der Waals surface area contributed by atoms with E-state index in [0.717, 1.165) is 17.7 Å². The van der Waals surface area contributed by atoms with Gasteiger partial charge in [0.1, 0.15) is 5.76 Å². The van der Waals surface area contributed by atoms with Crippen molar-refractivity contribution in [2.24, 2.45) is 0 Å². The molecular formula is C13H13N3O. The molecule has 0 bridgehead atoms. The molecule has 0 unspecified atom stereocenters. The minimum atomic E-state index is 0.555. The van der Waals surface area contributed by atoms with Gasteiger partial charge in [0.25, 0.3) is 6.01 Å². The maximum Gasteiger partial charge on any atom is 0.294 e. The highest BCUT2D eigenvalue weighted by Crippen LogP contribution is 2.21. The Morgan fingerprint density at radius 3 is 3.06 bits per heavy atom. The molecule has 17 heavy (non-hydrogen) atoms. The predicted octanol–water partition coefficient (Wildman–Crippen LogP) is 2.79. The number of H-pyrrole nitrogens is 1. The van der Waals surface area contributed by atoms with Gasteiger partial charge < -0.3 is 14.7 Å². The molecule has 1 aromatic carbocycles. The number of aromatic nitrogens is 2. The van der Waals surface area contributed by atoms with Crippen molar-refractivity contribution in [3.05, 3.63) is 48.0 Å². The number of nitrogens with one attached hydrogen (secondary N) is 2. The average molecular weight is 227 g/mol. The summed E-state index contributed by atoms with van der Waals surface area (Å²) in [7, 11) is 1.79. The van der Waals surface area contributed by atoms with Crippen molar-refractivity contribution in [1.29, 1.82) is 0 Å². The number of hydrogen-bond acceptors (Lipinski definition) is 3. The quantitative estimate of drug-likeness (QED) is 0.723. The first-order chi connectivity index (χ1) is 8.36. The number of hydrogen-bond donors (Lipinski definition) is 2. The van der Waals surface area contributed by atoms with E-state index in [-0.39, 0.29) is 0 Å². The van der Waals surface area contributed by atoms with Crippen LogP contribution in [0.2, 0.25) is 0 Å². The van der Waals surface area contributed by atoms with Crippen LogP contribution in [0.25, 0.3) is 10.9 Å². The topological polar surface area (TPSA) is 53.9 Å². The molecule has 2 N–H and O–H groups in total. The minimum Gasteiger partial charge on any atom is -0.428 e. The molecule has 0 atom stereocenters. The summed E-state index contributed by atoms with van der Waals surface area (Å²) in [6, 6.07) is 8.80. The van der Waals surface area contributed by atoms with Crippen LogP contribution in [0, 0.1) is 0 Å². The summed E-state index contributed by atoms with van der Waals surface area (Å²) in [5.41, 5.74) is 2.37. The van der Waals surface area contributed by atoms with E-state index in [9.17, 15) is 0 Å². The summed E-state index contributed by atoms with van der Waals surface area (Å²) >= 11 is 0. The zero-order valence-corrected chi connectivity index (χ0v) is 9.53. The number of oxazole rings is 1. The lowest BCUT2D eigenvalue weighted by Crippen LogP contribution is -1.86. The summed E-state index contributed by atoms with van der Waals surface area (Å²) in [6.45, 7) is 0. The number of benzene rings is 1. The molecule has 2 aromatic heterocycles. The Morgan fingerprint density at radius 2 is 2.24 bits per heavy atom. The third-order valence-electron chi connectivity index (χ3n) is 2.81. The molecule has 86 valence electrons. The average Bonchev–Trinajstić information content (AvgIpc) is 2.97. The van der Waals surface area contributed by atoms with Crippen molar-refractivity contribution in [1.82, 2.24) is 9.97 Å². The lowest BCUT2D eigenvalue weighted by molar-refractivity contribution is 0.531. The zero-order valence-electron chi connectivity index (χ0n) is 9.53. The Balaban J connectivity index is 1.94. The standard InChI is InChI=1S/C13H13N3O/c1-14-13-16-8-10(17-13)6-9-7-15-12-5-3-2-4-11(9)12/h2-5,7-8,15H,6H2,1H3,(H,14,16). The van der Waals surface area contributed by atoms with Crippen molar-refractivity contribution in [3.8, 4) is 0 Å². The molecule has 4 nitrogen and oxygen atoms in total. The molecule has 2 heterocycles. The second-order valence-electron chi connectivity index (χ2n) is 3.92. The van der Waals surface area contributed by atoms with Gasteiger partial charge in [-0.15, -0.1) is 0 Å². The van der Waals surface area contributed by atoms with Crippen LogP contribution in [0.15, 0.2) is 41.1 Å². The number of para-hydroxylation sites is 1. The van der Waals surface area contributed by atoms with Gasteiger partial charge in [-0.2, -0.15) is 0 Å². The normalized spacial score (nSPS) is 10.9. The van der Waals surface area contributed by atoms with Crippen LogP contribution in [-0.2, 0) is 6.42 Å². The minimum absolute atomic E-state index is 0.555. The molecule has 0 aliphatic rings. The van der Waals surface area contributed by atoms with Gasteiger partial charge in [0.05, 0.1) is 6.20 Å². The van der Waals surface area contributed by atoms with Crippen molar-refractivity contribution in [3.63, 3.8) is 0 Å². The summed E-state index contributed by atoms with van der Waals surface area (Å²) in [5, 5.41) is 4.11. The molecule has 0 saturated heterocycles. The Kier molecular flexibility index (Phi) is 2.33. The number of anilines is 1. The number of rotatable bonds is 3. The first-order valence-electron chi connectivity index (χ1n) is 5.54. The number of fused-ring (bicyclic) bond motifs is 1. The van der Waals surface area contributed by atoms with Gasteiger partial charge in [-0.1, -0.05) is 18.2 Å². The van der Waals surface area contributed by atoms with Gasteiger partial charge in [-0.3, -0.25) is 0 Å². The fourth-order valence-electron chi connectivity index (χ4n) is 1.97. The van der Waals surface area contributed by atoms with E-state index in [1.54, 1.807) is 13.2 Å². The molecule has 4 heteroatoms. The molecule has 0 radical (unpaired) electrons. The molecular weight excluding hydrogens is 214 g/mol. The van der Waals surface area contributed by atoms with Crippen LogP contribution in [0.5, 0.6) is 0 Å². The second kappa shape index (κ2) is 3.97. The van der Waals surface area contributed by atoms with Crippen molar-refractivity contribution in [2.75, 3.05) is 12.4 Å². The van der Waals surface area contributed by atoms with Crippen LogP contribution in [0.1, 0.15) is 11.3 Å². The van der Waals surface area contributed by atoms with Crippen molar-refractivity contribution in [2.45, 2.75) is 6.42 Å². The number of nitrogens with zero attached hydrogens (tertiary/aromatic N) is 1. The van der Waals surface area contributed by atoms with Crippen LogP contribution in [0.4, 0.5) is 6.01 Å². The largest absolute Gasteiger partial charge is 0.428 e. The summed E-state index contributed by atoms with van der Waals surface area (Å²) < 4.78 is 5.52. The zero-order chi connectivity index (χ0) is 11.7. The maximum atomic E-state index is 5.52. The molecule has 3 aromatic rings. The Morgan fingerprint density at radius 1 is 1.35 bits per heavy atom. The van der Waals surface area contributed by atoms with Crippen molar-refractivity contribution < 1.29 is 4.42 Å². The first-order valence-corrected chi connectivity index (χ1v) is 5.54. The van der Waals surface area contributed by atoms with Gasteiger partial charge in [0, 0.05) is 30.6 Å². The molecule has 0 aliphatic heterocycles. The van der Waals surface area contributed by atoms with Gasteiger partial charge in [0.15, 0.2) is 0 Å². The van der Waals surface area contributed by atoms with E-state index in [1.807, 2.05) is 18.3 Å². The smallest absolute Gasteiger partial charge is 0.294 e. The third-order valence-corrected chi connectivity index (χ3v) is 2.81. The SMILES string of the molecule is CNc1ncc(Cc2c[nH]c3ccccc23)o1. The predicted molar refractivity (Wildman–Crippen MR) is 67.2 cm³/mol. The Labute approximate surface area is 98.7 Å². The monoisotopic (exact) mass is 227 g/mol. The van der Waals surface area contributed by atoms with Gasteiger partial charge in [-0.25, -0.2) is 4.98 Å². The Hall–Kier alpha value is -2.23. The first kappa shape index (κ1) is 9.96. The van der Waals surface area contributed by atoms with Crippen LogP contribution < -0.4 is 5.32 Å². The summed E-state index contributed by atoms with van der Waals surface area (Å²) in [6.07, 6.45) is 4.53. The molecule has 0 saturated carbocycles. The van der Waals surface area contributed by atoms with E-state index in [4.69, 9.17) is 4.42 Å². The maximum absolute atomic E-state index is 5.52. The van der Waals surface area contributed by atoms with E-state index in [0.29, 0.717) is 6.01 Å². The molecule has 0 fully saturated rings. The third kappa shape index (κ3) is 1.78. The Bertz CT molecular complexity index is 639. The summed E-state index contributed by atoms with van der Waals surface area (Å²) in [4.78, 5) is 7.36. The fraction of sp³-hybridized carbons (Fsp3) is 0.154. The molecule has 0 spiro atoms. The van der Waals surface area contributed by atoms with Crippen LogP contribution >= 0.6 is 0 Å². The van der Waals surface area contributed by atoms with Crippen molar-refractivity contribution >= 4 is 16.9 Å². The van der Waals surface area contributed by atoms with E-state index >= 15 is 0 Å². The fourth-order valence-corrected chi connectivity index (χ4v) is 1.97. The highest BCUT2D eigenvalue weighted by molar-refractivity contribution is 5.83. The highest BCUT2D eigenvalue weighted by atomic mass is 16.4. The van der Waals surface area contributed by atoms with E-state index in [2.05, 4.69) is 27.4 Å². The lowest BCUT2D eigenvalue weighted by atomic mass is 10.1. The molecule has 3 rings (SSSR count). The van der Waals surface area contributed by atoms with Gasteiger partial charge in [0.2, 0.25) is 0 Å². The number of aromatic amines is 1. The van der Waals surface area contributed by atoms with Gasteiger partial charge >= 0.3 is 0 Å². The van der Waals surface area contributed by atoms with E-state index < -0.39 is 0 Å². The second-order valence-corrected chi connectivity index (χ2v) is 3.92. The lowest BCUT2D eigenvalue weighted by Gasteiger charge is -1.95. The van der Waals surface area contributed by atoms with E-state index in [1.165, 1.54) is 10.9 Å². The highest BCUT2D eigenvalue weighted by Gasteiger charge is 2.07. The molecule has 0 aliphatic carbocycles. The van der Waals surface area contributed by atoms with Crippen LogP contribution in [-0.4, -0.2) is 17.0 Å².